The first-order valence-corrected chi connectivity index (χ1v) is 9.03. The number of benzene rings is 1. The van der Waals surface area contributed by atoms with Crippen LogP contribution in [-0.2, 0) is 6.54 Å². The lowest BCUT2D eigenvalue weighted by molar-refractivity contribution is 0.0783. The van der Waals surface area contributed by atoms with Crippen LogP contribution in [0.25, 0.3) is 5.82 Å². The topological polar surface area (TPSA) is 56.6 Å². The molecule has 6 nitrogen and oxygen atoms in total. The molecule has 28 heavy (non-hydrogen) atoms. The van der Waals surface area contributed by atoms with E-state index >= 15 is 0 Å². The molecule has 3 rings (SSSR count). The Morgan fingerprint density at radius 3 is 2.54 bits per heavy atom. The van der Waals surface area contributed by atoms with Crippen molar-refractivity contribution in [1.29, 1.82) is 0 Å². The number of pyridine rings is 1. The van der Waals surface area contributed by atoms with Crippen LogP contribution in [0.15, 0.2) is 48.7 Å². The number of methoxy groups -OCH3 is 2. The summed E-state index contributed by atoms with van der Waals surface area (Å²) in [5.74, 6) is 2.16. The van der Waals surface area contributed by atoms with Crippen LogP contribution in [0.1, 0.15) is 27.3 Å². The predicted octanol–water partition coefficient (Wildman–Crippen LogP) is 3.78. The molecule has 0 saturated heterocycles. The maximum absolute atomic E-state index is 13.1. The lowest BCUT2D eigenvalue weighted by Crippen LogP contribution is -2.26. The molecule has 1 aromatic carbocycles. The van der Waals surface area contributed by atoms with E-state index in [0.29, 0.717) is 23.6 Å². The van der Waals surface area contributed by atoms with Crippen molar-refractivity contribution in [1.82, 2.24) is 14.5 Å². The van der Waals surface area contributed by atoms with Crippen LogP contribution < -0.4 is 9.47 Å². The summed E-state index contributed by atoms with van der Waals surface area (Å²) in [7, 11) is 5.01. The average molecular weight is 379 g/mol. The molecule has 0 radical (unpaired) electrons. The lowest BCUT2D eigenvalue weighted by atomic mass is 10.1. The van der Waals surface area contributed by atoms with Gasteiger partial charge in [-0.15, -0.1) is 0 Å². The molecule has 0 unspecified atom stereocenters. The molecule has 0 saturated carbocycles. The van der Waals surface area contributed by atoms with Gasteiger partial charge >= 0.3 is 0 Å². The van der Waals surface area contributed by atoms with Gasteiger partial charge in [0.15, 0.2) is 0 Å². The maximum atomic E-state index is 13.1. The van der Waals surface area contributed by atoms with Gasteiger partial charge in [0.1, 0.15) is 17.3 Å². The van der Waals surface area contributed by atoms with Crippen molar-refractivity contribution in [3.63, 3.8) is 0 Å². The van der Waals surface area contributed by atoms with E-state index in [4.69, 9.17) is 9.47 Å². The van der Waals surface area contributed by atoms with Crippen LogP contribution >= 0.6 is 0 Å². The normalized spacial score (nSPS) is 10.6. The van der Waals surface area contributed by atoms with Crippen molar-refractivity contribution in [2.24, 2.45) is 0 Å². The summed E-state index contributed by atoms with van der Waals surface area (Å²) in [5.41, 5.74) is 3.42. The number of carbonyl (C=O) groups excluding carboxylic acids is 1. The Kier molecular flexibility index (Phi) is 5.68. The van der Waals surface area contributed by atoms with E-state index in [0.717, 1.165) is 22.8 Å². The van der Waals surface area contributed by atoms with Crippen LogP contribution in [0, 0.1) is 13.8 Å². The zero-order valence-corrected chi connectivity index (χ0v) is 16.9. The molecule has 0 spiro atoms. The van der Waals surface area contributed by atoms with Crippen molar-refractivity contribution < 1.29 is 14.3 Å². The number of ether oxygens (including phenoxy) is 2. The highest BCUT2D eigenvalue weighted by Gasteiger charge is 2.21. The van der Waals surface area contributed by atoms with E-state index in [-0.39, 0.29) is 5.91 Å². The number of aromatic nitrogens is 2. The molecule has 0 N–H and O–H groups in total. The molecule has 0 fully saturated rings. The lowest BCUT2D eigenvalue weighted by Gasteiger charge is -2.19. The van der Waals surface area contributed by atoms with E-state index in [1.165, 1.54) is 0 Å². The van der Waals surface area contributed by atoms with Crippen molar-refractivity contribution in [3.05, 3.63) is 71.2 Å². The van der Waals surface area contributed by atoms with Gasteiger partial charge < -0.3 is 18.9 Å². The highest BCUT2D eigenvalue weighted by molar-refractivity contribution is 5.95. The first kappa shape index (κ1) is 19.5. The zero-order chi connectivity index (χ0) is 20.3. The molecule has 3 aromatic rings. The van der Waals surface area contributed by atoms with Gasteiger partial charge in [-0.1, -0.05) is 6.07 Å². The molecule has 146 valence electrons. The Balaban J connectivity index is 1.87. The zero-order valence-electron chi connectivity index (χ0n) is 16.9. The largest absolute Gasteiger partial charge is 0.497 e. The Morgan fingerprint density at radius 1 is 1.11 bits per heavy atom. The van der Waals surface area contributed by atoms with Gasteiger partial charge in [0.2, 0.25) is 0 Å². The third-order valence-electron chi connectivity index (χ3n) is 4.79. The highest BCUT2D eigenvalue weighted by Crippen LogP contribution is 2.27. The summed E-state index contributed by atoms with van der Waals surface area (Å²) in [5, 5.41) is 0. The third kappa shape index (κ3) is 3.71. The Bertz CT molecular complexity index is 980. The number of hydrogen-bond acceptors (Lipinski definition) is 4. The van der Waals surface area contributed by atoms with Gasteiger partial charge in [-0.3, -0.25) is 4.79 Å². The van der Waals surface area contributed by atoms with Gasteiger partial charge in [-0.2, -0.15) is 0 Å². The molecule has 0 atom stereocenters. The van der Waals surface area contributed by atoms with Gasteiger partial charge in [0, 0.05) is 42.8 Å². The van der Waals surface area contributed by atoms with E-state index in [2.05, 4.69) is 4.98 Å². The van der Waals surface area contributed by atoms with Gasteiger partial charge in [0.05, 0.1) is 19.8 Å². The molecule has 1 amide bonds. The molecule has 0 aliphatic rings. The first-order valence-electron chi connectivity index (χ1n) is 9.03. The summed E-state index contributed by atoms with van der Waals surface area (Å²) in [6.07, 6.45) is 1.75. The standard InChI is InChI=1S/C22H25N3O3/c1-15-12-19(16(2)25(15)21-8-6-7-11-23-21)22(26)24(3)14-17-9-10-18(27-4)13-20(17)28-5/h6-13H,14H2,1-5H3. The summed E-state index contributed by atoms with van der Waals surface area (Å²) < 4.78 is 12.7. The number of carbonyl (C=O) groups is 1. The molecule has 0 bridgehead atoms. The Morgan fingerprint density at radius 2 is 1.89 bits per heavy atom. The van der Waals surface area contributed by atoms with Crippen LogP contribution in [0.2, 0.25) is 0 Å². The maximum Gasteiger partial charge on any atom is 0.255 e. The summed E-state index contributed by atoms with van der Waals surface area (Å²) in [4.78, 5) is 19.2. The van der Waals surface area contributed by atoms with E-state index in [1.807, 2.05) is 60.9 Å². The number of hydrogen-bond donors (Lipinski definition) is 0. The molecular weight excluding hydrogens is 354 g/mol. The smallest absolute Gasteiger partial charge is 0.255 e. The Hall–Kier alpha value is -3.28. The van der Waals surface area contributed by atoms with Crippen LogP contribution in [0.5, 0.6) is 11.5 Å². The quantitative estimate of drug-likeness (QED) is 0.654. The second-order valence-electron chi connectivity index (χ2n) is 6.65. The molecular formula is C22H25N3O3. The number of nitrogens with zero attached hydrogens (tertiary/aromatic N) is 3. The number of rotatable bonds is 6. The van der Waals surface area contributed by atoms with Gasteiger partial charge in [-0.05, 0) is 44.2 Å². The van der Waals surface area contributed by atoms with Crippen LogP contribution in [0.4, 0.5) is 0 Å². The number of aryl methyl sites for hydroxylation is 1. The van der Waals surface area contributed by atoms with Crippen molar-refractivity contribution >= 4 is 5.91 Å². The van der Waals surface area contributed by atoms with Gasteiger partial charge in [0.25, 0.3) is 5.91 Å². The fourth-order valence-electron chi connectivity index (χ4n) is 3.33. The molecule has 6 heteroatoms. The molecule has 2 heterocycles. The van der Waals surface area contributed by atoms with Crippen LogP contribution in [0.3, 0.4) is 0 Å². The van der Waals surface area contributed by atoms with E-state index in [1.54, 1.807) is 32.4 Å². The minimum absolute atomic E-state index is 0.0480. The highest BCUT2D eigenvalue weighted by atomic mass is 16.5. The van der Waals surface area contributed by atoms with E-state index in [9.17, 15) is 4.79 Å². The summed E-state index contributed by atoms with van der Waals surface area (Å²) >= 11 is 0. The van der Waals surface area contributed by atoms with E-state index < -0.39 is 0 Å². The third-order valence-corrected chi connectivity index (χ3v) is 4.79. The van der Waals surface area contributed by atoms with Crippen molar-refractivity contribution in [2.75, 3.05) is 21.3 Å². The number of amides is 1. The second-order valence-corrected chi connectivity index (χ2v) is 6.65. The minimum Gasteiger partial charge on any atom is -0.497 e. The summed E-state index contributed by atoms with van der Waals surface area (Å²) in [6, 6.07) is 13.3. The Labute approximate surface area is 165 Å². The van der Waals surface area contributed by atoms with Crippen LogP contribution in [-0.4, -0.2) is 41.6 Å². The fourth-order valence-corrected chi connectivity index (χ4v) is 3.33. The molecule has 0 aliphatic heterocycles. The molecule has 2 aromatic heterocycles. The molecule has 0 aliphatic carbocycles. The minimum atomic E-state index is -0.0480. The second kappa shape index (κ2) is 8.17. The van der Waals surface area contributed by atoms with Crippen molar-refractivity contribution in [3.8, 4) is 17.3 Å². The SMILES string of the molecule is COc1ccc(CN(C)C(=O)c2cc(C)n(-c3ccccn3)c2C)c(OC)c1. The van der Waals surface area contributed by atoms with Gasteiger partial charge in [-0.25, -0.2) is 4.98 Å². The fraction of sp³-hybridized carbons (Fsp3) is 0.273. The predicted molar refractivity (Wildman–Crippen MR) is 108 cm³/mol. The monoisotopic (exact) mass is 379 g/mol. The first-order chi connectivity index (χ1) is 13.5. The summed E-state index contributed by atoms with van der Waals surface area (Å²) in [6.45, 7) is 4.35. The average Bonchev–Trinajstić information content (AvgIpc) is 3.02. The van der Waals surface area contributed by atoms with Crippen molar-refractivity contribution in [2.45, 2.75) is 20.4 Å².